The van der Waals surface area contributed by atoms with Crippen LogP contribution in [0.1, 0.15) is 0 Å². The van der Waals surface area contributed by atoms with Gasteiger partial charge in [0, 0.05) is 0 Å². The van der Waals surface area contributed by atoms with Gasteiger partial charge in [-0.05, 0) is 0 Å². The Balaban J connectivity index is 3.28. The summed E-state index contributed by atoms with van der Waals surface area (Å²) in [6, 6.07) is 2.00. The minimum atomic E-state index is -5.22. The van der Waals surface area contributed by atoms with Crippen molar-refractivity contribution < 1.29 is 20.7 Å². The molecule has 0 aromatic heterocycles. The zero-order chi connectivity index (χ0) is 9.35. The van der Waals surface area contributed by atoms with E-state index in [0.717, 1.165) is 12.1 Å². The number of hydrogen-bond donors (Lipinski definition) is 2. The van der Waals surface area contributed by atoms with Crippen LogP contribution >= 0.6 is 0 Å². The Kier molecular flexibility index (Phi) is 2.37. The van der Waals surface area contributed by atoms with Crippen LogP contribution in [0.2, 0.25) is 0 Å². The van der Waals surface area contributed by atoms with E-state index in [2.05, 4.69) is 0 Å². The van der Waals surface area contributed by atoms with Crippen molar-refractivity contribution in [2.24, 2.45) is 0 Å². The van der Waals surface area contributed by atoms with Crippen molar-refractivity contribution in [1.29, 1.82) is 0 Å². The average molecular weight is 238 g/mol. The van der Waals surface area contributed by atoms with Crippen molar-refractivity contribution in [3.8, 4) is 0 Å². The molecule has 0 aliphatic rings. The van der Waals surface area contributed by atoms with Gasteiger partial charge in [0.25, 0.3) is 0 Å². The summed E-state index contributed by atoms with van der Waals surface area (Å²) >= 11 is -5.22. The molecule has 0 spiro atoms. The molecule has 12 heavy (non-hydrogen) atoms. The number of hydrogen-bond acceptors (Lipinski definition) is 1. The summed E-state index contributed by atoms with van der Waals surface area (Å²) in [7, 11) is 0. The maximum absolute atomic E-state index is 12.6. The Morgan fingerprint density at radius 2 is 1.83 bits per heavy atom. The molecule has 3 nitrogen and oxygen atoms in total. The topological polar surface area (TPSA) is 57.5 Å². The van der Waals surface area contributed by atoms with Crippen LogP contribution in [0.4, 0.5) is 8.78 Å². The van der Waals surface area contributed by atoms with E-state index in [1.54, 1.807) is 0 Å². The summed E-state index contributed by atoms with van der Waals surface area (Å²) in [6.07, 6.45) is 0. The number of halogens is 2. The Hall–Kier alpha value is -0.642. The van der Waals surface area contributed by atoms with E-state index in [0.29, 0.717) is 6.07 Å². The van der Waals surface area contributed by atoms with Gasteiger partial charge in [-0.3, -0.25) is 0 Å². The molecular formula is C6H5AsF2O3. The zero-order valence-electron chi connectivity index (χ0n) is 5.74. The molecule has 0 atom stereocenters. The van der Waals surface area contributed by atoms with Gasteiger partial charge in [0.05, 0.1) is 0 Å². The maximum atomic E-state index is 12.6. The fourth-order valence-corrected chi connectivity index (χ4v) is 2.00. The Labute approximate surface area is 69.6 Å². The average Bonchev–Trinajstić information content (AvgIpc) is 1.83. The molecule has 2 N–H and O–H groups in total. The van der Waals surface area contributed by atoms with Gasteiger partial charge < -0.3 is 0 Å². The summed E-state index contributed by atoms with van der Waals surface area (Å²) in [5, 5.41) is 0. The molecule has 0 heterocycles. The SMILES string of the molecule is O=[As](O)(O)c1ccc(F)cc1F. The summed E-state index contributed by atoms with van der Waals surface area (Å²) in [4.78, 5) is 0. The Morgan fingerprint density at radius 3 is 2.25 bits per heavy atom. The van der Waals surface area contributed by atoms with Crippen LogP contribution in [0.25, 0.3) is 0 Å². The molecule has 1 rings (SSSR count). The van der Waals surface area contributed by atoms with Crippen molar-refractivity contribution in [3.63, 3.8) is 0 Å². The van der Waals surface area contributed by atoms with Crippen molar-refractivity contribution in [3.05, 3.63) is 29.8 Å². The van der Waals surface area contributed by atoms with E-state index in [1.807, 2.05) is 0 Å². The third-order valence-corrected chi connectivity index (χ3v) is 3.30. The van der Waals surface area contributed by atoms with Gasteiger partial charge in [-0.2, -0.15) is 0 Å². The summed E-state index contributed by atoms with van der Waals surface area (Å²) in [5.41, 5.74) is 0. The molecule has 0 radical (unpaired) electrons. The van der Waals surface area contributed by atoms with Crippen LogP contribution in [0.5, 0.6) is 0 Å². The molecular weight excluding hydrogens is 233 g/mol. The van der Waals surface area contributed by atoms with Crippen LogP contribution in [0, 0.1) is 11.6 Å². The zero-order valence-corrected chi connectivity index (χ0v) is 7.61. The van der Waals surface area contributed by atoms with Crippen LogP contribution in [0.15, 0.2) is 18.2 Å². The molecule has 0 unspecified atom stereocenters. The third kappa shape index (κ3) is 1.94. The number of benzene rings is 1. The van der Waals surface area contributed by atoms with E-state index < -0.39 is 30.2 Å². The van der Waals surface area contributed by atoms with Gasteiger partial charge in [-0.25, -0.2) is 0 Å². The normalized spacial score (nSPS) is 11.7. The molecule has 6 heteroatoms. The predicted molar refractivity (Wildman–Crippen MR) is 36.9 cm³/mol. The second kappa shape index (κ2) is 3.01. The van der Waals surface area contributed by atoms with Crippen molar-refractivity contribution in [2.45, 2.75) is 0 Å². The first-order valence-electron chi connectivity index (χ1n) is 2.92. The van der Waals surface area contributed by atoms with E-state index in [4.69, 9.17) is 8.19 Å². The molecule has 0 bridgehead atoms. The second-order valence-corrected chi connectivity index (χ2v) is 5.43. The van der Waals surface area contributed by atoms with Crippen LogP contribution in [-0.2, 0) is 3.74 Å². The summed E-state index contributed by atoms with van der Waals surface area (Å²) in [5.74, 6) is -2.07. The van der Waals surface area contributed by atoms with Crippen LogP contribution < -0.4 is 4.35 Å². The van der Waals surface area contributed by atoms with Gasteiger partial charge in [0.1, 0.15) is 0 Å². The first kappa shape index (κ1) is 9.45. The third-order valence-electron chi connectivity index (χ3n) is 1.22. The Morgan fingerprint density at radius 1 is 1.25 bits per heavy atom. The monoisotopic (exact) mass is 238 g/mol. The molecule has 0 fully saturated rings. The molecule has 1 aromatic rings. The quantitative estimate of drug-likeness (QED) is 0.650. The van der Waals surface area contributed by atoms with Gasteiger partial charge in [0.15, 0.2) is 0 Å². The molecule has 0 amide bonds. The molecule has 0 saturated carbocycles. The van der Waals surface area contributed by atoms with Crippen molar-refractivity contribution in [2.75, 3.05) is 0 Å². The predicted octanol–water partition coefficient (Wildman–Crippen LogP) is -0.474. The Bertz CT molecular complexity index is 347. The van der Waals surface area contributed by atoms with E-state index in [9.17, 15) is 12.5 Å². The van der Waals surface area contributed by atoms with E-state index in [1.165, 1.54) is 0 Å². The van der Waals surface area contributed by atoms with Gasteiger partial charge in [-0.15, -0.1) is 0 Å². The molecule has 1 aromatic carbocycles. The van der Waals surface area contributed by atoms with Crippen LogP contribution in [-0.4, -0.2) is 22.4 Å². The van der Waals surface area contributed by atoms with Gasteiger partial charge in [-0.1, -0.05) is 0 Å². The first-order chi connectivity index (χ1) is 5.41. The fourth-order valence-electron chi connectivity index (χ4n) is 0.717. The standard InChI is InChI=1S/C6H5AsF2O3/c8-4-1-2-5(6(9)3-4)7(10,11)12/h1-3H,(H2,10,11,12). The fraction of sp³-hybridized carbons (Fsp3) is 0. The second-order valence-electron chi connectivity index (χ2n) is 2.14. The molecule has 0 aliphatic heterocycles. The minimum absolute atomic E-state index is 0.440. The summed E-state index contributed by atoms with van der Waals surface area (Å²) in [6.45, 7) is 0. The van der Waals surface area contributed by atoms with E-state index >= 15 is 0 Å². The van der Waals surface area contributed by atoms with Gasteiger partial charge in [0.2, 0.25) is 0 Å². The van der Waals surface area contributed by atoms with Crippen molar-refractivity contribution >= 4 is 18.5 Å². The van der Waals surface area contributed by atoms with Crippen LogP contribution in [0.3, 0.4) is 0 Å². The number of rotatable bonds is 1. The van der Waals surface area contributed by atoms with Gasteiger partial charge >= 0.3 is 69.1 Å². The van der Waals surface area contributed by atoms with E-state index in [-0.39, 0.29) is 0 Å². The van der Waals surface area contributed by atoms with Crippen molar-refractivity contribution in [1.82, 2.24) is 0 Å². The first-order valence-corrected chi connectivity index (χ1v) is 6.31. The molecule has 66 valence electrons. The molecule has 0 saturated heterocycles. The summed E-state index contributed by atoms with van der Waals surface area (Å²) < 4.78 is 51.8. The molecule has 0 aliphatic carbocycles.